The van der Waals surface area contributed by atoms with Crippen molar-refractivity contribution < 1.29 is 29.0 Å². The minimum absolute atomic E-state index is 0.0350. The third kappa shape index (κ3) is 6.08. The van der Waals surface area contributed by atoms with Crippen molar-refractivity contribution in [2.45, 2.75) is 34.2 Å². The SMILES string of the molecule is C=CCN(CCN1CCOCC1)C(=O)C1N(CCO)C(=O)[C@@H]2[C@H](C(=O)N(CC=C)c3ccc(OCC)cc3)[C@H]3SC12CC3Br. The molecule has 240 valence electrons. The van der Waals surface area contributed by atoms with E-state index < -0.39 is 22.6 Å². The predicted molar refractivity (Wildman–Crippen MR) is 175 cm³/mol. The van der Waals surface area contributed by atoms with Crippen LogP contribution >= 0.6 is 27.7 Å². The Hall–Kier alpha value is -2.38. The van der Waals surface area contributed by atoms with Gasteiger partial charge in [0.05, 0.1) is 43.0 Å². The Morgan fingerprint density at radius 3 is 2.50 bits per heavy atom. The summed E-state index contributed by atoms with van der Waals surface area (Å²) in [6, 6.07) is 6.56. The highest BCUT2D eigenvalue weighted by Gasteiger charge is 2.76. The number of fused-ring (bicyclic) bond motifs is 1. The summed E-state index contributed by atoms with van der Waals surface area (Å²) < 4.78 is 10.3. The van der Waals surface area contributed by atoms with Crippen molar-refractivity contribution in [3.63, 3.8) is 0 Å². The summed E-state index contributed by atoms with van der Waals surface area (Å²) in [5.74, 6) is -1.17. The van der Waals surface area contributed by atoms with Crippen LogP contribution in [-0.2, 0) is 19.1 Å². The number of alkyl halides is 1. The highest BCUT2D eigenvalue weighted by molar-refractivity contribution is 9.09. The van der Waals surface area contributed by atoms with Crippen LogP contribution in [0.4, 0.5) is 5.69 Å². The maximum Gasteiger partial charge on any atom is 0.247 e. The lowest BCUT2D eigenvalue weighted by atomic mass is 9.70. The van der Waals surface area contributed by atoms with Crippen LogP contribution < -0.4 is 9.64 Å². The van der Waals surface area contributed by atoms with Gasteiger partial charge in [0.25, 0.3) is 0 Å². The monoisotopic (exact) mass is 690 g/mol. The van der Waals surface area contributed by atoms with Gasteiger partial charge >= 0.3 is 0 Å². The number of rotatable bonds is 14. The normalized spacial score (nSPS) is 29.4. The van der Waals surface area contributed by atoms with Gasteiger partial charge in [-0.05, 0) is 37.6 Å². The minimum Gasteiger partial charge on any atom is -0.494 e. The molecule has 5 rings (SSSR count). The molecule has 44 heavy (non-hydrogen) atoms. The molecule has 1 spiro atoms. The second-order valence-electron chi connectivity index (χ2n) is 11.6. The number of nitrogens with zero attached hydrogens (tertiary/aromatic N) is 4. The first-order chi connectivity index (χ1) is 21.3. The van der Waals surface area contributed by atoms with Crippen LogP contribution in [0.5, 0.6) is 5.75 Å². The molecule has 4 aliphatic heterocycles. The summed E-state index contributed by atoms with van der Waals surface area (Å²) in [4.78, 5) is 50.5. The van der Waals surface area contributed by atoms with Gasteiger partial charge in [0.15, 0.2) is 0 Å². The van der Waals surface area contributed by atoms with Crippen LogP contribution in [-0.4, -0.2) is 131 Å². The van der Waals surface area contributed by atoms with Crippen LogP contribution in [0.2, 0.25) is 0 Å². The van der Waals surface area contributed by atoms with E-state index in [-0.39, 0.29) is 47.5 Å². The lowest BCUT2D eigenvalue weighted by molar-refractivity contribution is -0.143. The van der Waals surface area contributed by atoms with Gasteiger partial charge in [-0.3, -0.25) is 19.3 Å². The standard InChI is InChI=1S/C32H43BrN4O6S/c1-4-11-35(14-13-34-16-19-42-20-17-34)31(41)28-32-21-24(33)27(44-32)25(26(32)30(40)37(28)15-18-38)29(39)36(12-5-2)22-7-9-23(10-8-22)43-6-3/h4-5,7-10,24-28,38H,1-2,6,11-21H2,3H3/t24?,25-,26-,27-,28?,32?/m0/s1. The number of hydrogen-bond acceptors (Lipinski definition) is 8. The molecule has 4 heterocycles. The molecule has 6 atom stereocenters. The van der Waals surface area contributed by atoms with Crippen LogP contribution in [0.15, 0.2) is 49.6 Å². The van der Waals surface area contributed by atoms with Crippen molar-refractivity contribution >= 4 is 51.1 Å². The molecule has 4 fully saturated rings. The van der Waals surface area contributed by atoms with Crippen molar-refractivity contribution in [3.8, 4) is 5.75 Å². The van der Waals surface area contributed by atoms with E-state index in [4.69, 9.17) is 9.47 Å². The lowest BCUT2D eigenvalue weighted by Gasteiger charge is -2.39. The van der Waals surface area contributed by atoms with E-state index >= 15 is 0 Å². The molecule has 12 heteroatoms. The molecule has 3 unspecified atom stereocenters. The van der Waals surface area contributed by atoms with Crippen LogP contribution in [0.25, 0.3) is 0 Å². The maximum atomic E-state index is 14.5. The highest BCUT2D eigenvalue weighted by atomic mass is 79.9. The Balaban J connectivity index is 1.46. The largest absolute Gasteiger partial charge is 0.494 e. The smallest absolute Gasteiger partial charge is 0.247 e. The number of halogens is 1. The van der Waals surface area contributed by atoms with Crippen LogP contribution in [0.1, 0.15) is 13.3 Å². The average molecular weight is 692 g/mol. The van der Waals surface area contributed by atoms with Crippen molar-refractivity contribution in [1.82, 2.24) is 14.7 Å². The molecule has 4 aliphatic rings. The number of aliphatic hydroxyl groups excluding tert-OH is 1. The fourth-order valence-corrected chi connectivity index (χ4v) is 10.9. The molecule has 4 saturated heterocycles. The van der Waals surface area contributed by atoms with E-state index in [2.05, 4.69) is 34.0 Å². The number of amides is 3. The number of β-amino-alcohol motifs (C(OH)–C–C–N with tert-alkyl or cyclic N) is 1. The van der Waals surface area contributed by atoms with Gasteiger partial charge in [0, 0.05) is 61.6 Å². The molecule has 1 N–H and O–H groups in total. The Morgan fingerprint density at radius 2 is 1.86 bits per heavy atom. The van der Waals surface area contributed by atoms with Crippen molar-refractivity contribution in [2.24, 2.45) is 11.8 Å². The number of morpholine rings is 1. The quantitative estimate of drug-likeness (QED) is 0.235. The van der Waals surface area contributed by atoms with Crippen LogP contribution in [0.3, 0.4) is 0 Å². The molecule has 0 aromatic heterocycles. The number of carbonyl (C=O) groups excluding carboxylic acids is 3. The van der Waals surface area contributed by atoms with Gasteiger partial charge in [-0.1, -0.05) is 28.1 Å². The molecule has 2 bridgehead atoms. The fourth-order valence-electron chi connectivity index (χ4n) is 7.27. The molecule has 0 saturated carbocycles. The van der Waals surface area contributed by atoms with Gasteiger partial charge in [-0.2, -0.15) is 0 Å². The fraction of sp³-hybridized carbons (Fsp3) is 0.594. The maximum absolute atomic E-state index is 14.5. The van der Waals surface area contributed by atoms with E-state index in [1.54, 1.807) is 38.6 Å². The number of carbonyl (C=O) groups is 3. The van der Waals surface area contributed by atoms with Crippen molar-refractivity contribution in [2.75, 3.05) is 77.1 Å². The molecule has 1 aromatic rings. The van der Waals surface area contributed by atoms with Gasteiger partial charge in [0.2, 0.25) is 17.7 Å². The Kier molecular flexibility index (Phi) is 10.8. The molecular formula is C32H43BrN4O6S. The lowest BCUT2D eigenvalue weighted by Crippen LogP contribution is -2.57. The van der Waals surface area contributed by atoms with E-state index in [1.165, 1.54) is 0 Å². The zero-order valence-corrected chi connectivity index (χ0v) is 27.7. The first-order valence-corrected chi connectivity index (χ1v) is 17.2. The summed E-state index contributed by atoms with van der Waals surface area (Å²) >= 11 is 5.45. The molecular weight excluding hydrogens is 648 g/mol. The zero-order valence-electron chi connectivity index (χ0n) is 25.3. The third-order valence-electron chi connectivity index (χ3n) is 9.14. The van der Waals surface area contributed by atoms with Gasteiger partial charge < -0.3 is 29.3 Å². The number of anilines is 1. The third-order valence-corrected chi connectivity index (χ3v) is 12.4. The minimum atomic E-state index is -0.792. The molecule has 0 aliphatic carbocycles. The average Bonchev–Trinajstić information content (AvgIpc) is 3.62. The first-order valence-electron chi connectivity index (χ1n) is 15.4. The Morgan fingerprint density at radius 1 is 1.16 bits per heavy atom. The number of likely N-dealkylation sites (tertiary alicyclic amines) is 1. The molecule has 3 amide bonds. The highest BCUT2D eigenvalue weighted by Crippen LogP contribution is 2.68. The topological polar surface area (TPSA) is 103 Å². The zero-order chi connectivity index (χ0) is 31.4. The summed E-state index contributed by atoms with van der Waals surface area (Å²) in [5, 5.41) is 9.84. The number of ether oxygens (including phenoxy) is 2. The summed E-state index contributed by atoms with van der Waals surface area (Å²) in [6.45, 7) is 14.7. The molecule has 10 nitrogen and oxygen atoms in total. The second-order valence-corrected chi connectivity index (χ2v) is 14.3. The number of benzene rings is 1. The molecule has 1 aromatic carbocycles. The van der Waals surface area contributed by atoms with E-state index in [1.807, 2.05) is 31.2 Å². The number of aliphatic hydroxyl groups is 1. The summed E-state index contributed by atoms with van der Waals surface area (Å²) in [6.07, 6.45) is 3.97. The van der Waals surface area contributed by atoms with Crippen LogP contribution in [0, 0.1) is 11.8 Å². The summed E-state index contributed by atoms with van der Waals surface area (Å²) in [5.41, 5.74) is 0.692. The van der Waals surface area contributed by atoms with Crippen molar-refractivity contribution in [1.29, 1.82) is 0 Å². The Labute approximate surface area is 272 Å². The van der Waals surface area contributed by atoms with Gasteiger partial charge in [0.1, 0.15) is 11.8 Å². The summed E-state index contributed by atoms with van der Waals surface area (Å²) in [7, 11) is 0. The number of thioether (sulfide) groups is 1. The second kappa shape index (κ2) is 14.4. The van der Waals surface area contributed by atoms with E-state index in [9.17, 15) is 19.5 Å². The van der Waals surface area contributed by atoms with E-state index in [0.29, 0.717) is 57.3 Å². The van der Waals surface area contributed by atoms with E-state index in [0.717, 1.165) is 13.1 Å². The Bertz CT molecular complexity index is 1230. The first kappa shape index (κ1) is 33.0. The van der Waals surface area contributed by atoms with Crippen molar-refractivity contribution in [3.05, 3.63) is 49.6 Å². The predicted octanol–water partition coefficient (Wildman–Crippen LogP) is 2.41. The van der Waals surface area contributed by atoms with Gasteiger partial charge in [-0.15, -0.1) is 24.9 Å². The van der Waals surface area contributed by atoms with Gasteiger partial charge in [-0.25, -0.2) is 0 Å². The number of hydrogen-bond donors (Lipinski definition) is 1. The molecule has 0 radical (unpaired) electrons.